The van der Waals surface area contributed by atoms with Crippen molar-refractivity contribution in [1.82, 2.24) is 0 Å². The molecule has 0 aliphatic carbocycles. The summed E-state index contributed by atoms with van der Waals surface area (Å²) < 4.78 is 48.2. The Morgan fingerprint density at radius 3 is 2.35 bits per heavy atom. The lowest BCUT2D eigenvalue weighted by atomic mass is 10.0. The first-order valence-electron chi connectivity index (χ1n) is 12.9. The smallest absolute Gasteiger partial charge is 0.310 e. The van der Waals surface area contributed by atoms with Crippen LogP contribution in [0.15, 0.2) is 65.6 Å². The van der Waals surface area contributed by atoms with E-state index in [1.54, 1.807) is 36.4 Å². The summed E-state index contributed by atoms with van der Waals surface area (Å²) in [6, 6.07) is 14.8. The minimum absolute atomic E-state index is 0.0673. The predicted octanol–water partition coefficient (Wildman–Crippen LogP) is 7.59. The molecule has 0 amide bonds. The minimum atomic E-state index is -4.15. The van der Waals surface area contributed by atoms with Gasteiger partial charge in [0.05, 0.1) is 45.0 Å². The zero-order valence-electron chi connectivity index (χ0n) is 22.7. The largest absolute Gasteiger partial charge is 0.460 e. The lowest BCUT2D eigenvalue weighted by Gasteiger charge is -2.31. The normalized spacial score (nSPS) is 16.6. The van der Waals surface area contributed by atoms with Gasteiger partial charge in [-0.25, -0.2) is 12.8 Å². The summed E-state index contributed by atoms with van der Waals surface area (Å²) in [4.78, 5) is 12.7. The van der Waals surface area contributed by atoms with Crippen LogP contribution in [0, 0.1) is 5.82 Å². The second-order valence-corrected chi connectivity index (χ2v) is 13.4. The van der Waals surface area contributed by atoms with Crippen LogP contribution in [0.4, 0.5) is 21.5 Å². The van der Waals surface area contributed by atoms with Crippen LogP contribution in [0.1, 0.15) is 52.5 Å². The van der Waals surface area contributed by atoms with Crippen molar-refractivity contribution in [3.05, 3.63) is 82.1 Å². The van der Waals surface area contributed by atoms with Crippen LogP contribution in [0.5, 0.6) is 0 Å². The van der Waals surface area contributed by atoms with E-state index in [2.05, 4.69) is 10.6 Å². The van der Waals surface area contributed by atoms with Crippen LogP contribution in [-0.2, 0) is 26.1 Å². The summed E-state index contributed by atoms with van der Waals surface area (Å²) in [5, 5.41) is 7.36. The molecule has 0 spiro atoms. The molecule has 1 aliphatic rings. The number of anilines is 3. The highest BCUT2D eigenvalue weighted by molar-refractivity contribution is 7.92. The standard InChI is InChI=1S/C29H32Cl2FN3O4S/c1-5-15-29(17-26(36)39-28(2,3)4)33-24-14-11-21(16-25(24)34-29)35(18-19-7-6-8-23(30)27(19)31)40(37,38)22-12-9-20(32)10-13-22/h6-14,16,33-34H,5,15,17-18H2,1-4H3. The maximum absolute atomic E-state index is 13.9. The first-order chi connectivity index (χ1) is 18.7. The monoisotopic (exact) mass is 607 g/mol. The van der Waals surface area contributed by atoms with Gasteiger partial charge in [-0.3, -0.25) is 9.10 Å². The van der Waals surface area contributed by atoms with Gasteiger partial charge >= 0.3 is 5.97 Å². The molecule has 3 aromatic carbocycles. The van der Waals surface area contributed by atoms with E-state index in [1.165, 1.54) is 16.4 Å². The third-order valence-electron chi connectivity index (χ3n) is 6.33. The molecule has 214 valence electrons. The summed E-state index contributed by atoms with van der Waals surface area (Å²) in [6.45, 7) is 7.34. The number of sulfonamides is 1. The number of carbonyl (C=O) groups excluding carboxylic acids is 1. The number of ether oxygens (including phenoxy) is 1. The second kappa shape index (κ2) is 11.5. The molecule has 1 atom stereocenters. The summed E-state index contributed by atoms with van der Waals surface area (Å²) in [5.74, 6) is -0.904. The molecule has 7 nitrogen and oxygen atoms in total. The number of esters is 1. The number of nitrogens with one attached hydrogen (secondary N) is 2. The van der Waals surface area contributed by atoms with Crippen molar-refractivity contribution < 1.29 is 22.3 Å². The van der Waals surface area contributed by atoms with Gasteiger partial charge in [-0.1, -0.05) is 48.7 Å². The van der Waals surface area contributed by atoms with E-state index in [9.17, 15) is 17.6 Å². The van der Waals surface area contributed by atoms with Gasteiger partial charge in [0.2, 0.25) is 0 Å². The summed E-state index contributed by atoms with van der Waals surface area (Å²) >= 11 is 12.6. The molecule has 0 bridgehead atoms. The van der Waals surface area contributed by atoms with Gasteiger partial charge in [0.15, 0.2) is 0 Å². The van der Waals surface area contributed by atoms with E-state index in [0.717, 1.165) is 24.2 Å². The molecular formula is C29H32Cl2FN3O4S. The molecule has 0 radical (unpaired) electrons. The van der Waals surface area contributed by atoms with E-state index >= 15 is 0 Å². The SMILES string of the molecule is CCCC1(CC(=O)OC(C)(C)C)Nc2ccc(N(Cc3cccc(Cl)c3Cl)S(=O)(=O)c3ccc(F)cc3)cc2N1. The molecule has 1 heterocycles. The first-order valence-corrected chi connectivity index (χ1v) is 15.1. The van der Waals surface area contributed by atoms with Crippen molar-refractivity contribution in [3.8, 4) is 0 Å². The molecule has 0 saturated carbocycles. The van der Waals surface area contributed by atoms with Crippen LogP contribution < -0.4 is 14.9 Å². The molecule has 0 aromatic heterocycles. The third kappa shape index (κ3) is 6.65. The maximum atomic E-state index is 13.9. The van der Waals surface area contributed by atoms with E-state index < -0.39 is 27.1 Å². The highest BCUT2D eigenvalue weighted by Gasteiger charge is 2.39. The van der Waals surface area contributed by atoms with Crippen LogP contribution in [0.3, 0.4) is 0 Å². The number of fused-ring (bicyclic) bond motifs is 1. The van der Waals surface area contributed by atoms with Crippen LogP contribution >= 0.6 is 23.2 Å². The second-order valence-electron chi connectivity index (χ2n) is 10.8. The fraction of sp³-hybridized carbons (Fsp3) is 0.345. The van der Waals surface area contributed by atoms with E-state index in [1.807, 2.05) is 27.7 Å². The Balaban J connectivity index is 1.73. The van der Waals surface area contributed by atoms with Crippen molar-refractivity contribution in [3.63, 3.8) is 0 Å². The average molecular weight is 609 g/mol. The Bertz CT molecular complexity index is 1510. The highest BCUT2D eigenvalue weighted by atomic mass is 35.5. The van der Waals surface area contributed by atoms with Gasteiger partial charge < -0.3 is 15.4 Å². The van der Waals surface area contributed by atoms with E-state index in [4.69, 9.17) is 27.9 Å². The Morgan fingerprint density at radius 2 is 1.70 bits per heavy atom. The van der Waals surface area contributed by atoms with Gasteiger partial charge in [-0.05, 0) is 81.3 Å². The van der Waals surface area contributed by atoms with Gasteiger partial charge in [0, 0.05) is 0 Å². The third-order valence-corrected chi connectivity index (χ3v) is 8.98. The maximum Gasteiger partial charge on any atom is 0.310 e. The topological polar surface area (TPSA) is 87.7 Å². The number of carbonyl (C=O) groups is 1. The molecule has 4 rings (SSSR count). The van der Waals surface area contributed by atoms with E-state index in [-0.39, 0.29) is 28.9 Å². The van der Waals surface area contributed by atoms with Crippen molar-refractivity contribution >= 4 is 56.3 Å². The molecule has 1 unspecified atom stereocenters. The van der Waals surface area contributed by atoms with Crippen LogP contribution in [-0.4, -0.2) is 25.7 Å². The molecule has 2 N–H and O–H groups in total. The summed E-state index contributed by atoms with van der Waals surface area (Å²) in [5.41, 5.74) is 0.774. The molecule has 11 heteroatoms. The number of rotatable bonds is 9. The Hall–Kier alpha value is -3.01. The zero-order valence-corrected chi connectivity index (χ0v) is 25.1. The number of benzene rings is 3. The average Bonchev–Trinajstić information content (AvgIpc) is 3.20. The highest BCUT2D eigenvalue weighted by Crippen LogP contribution is 2.42. The van der Waals surface area contributed by atoms with Gasteiger partial charge in [-0.2, -0.15) is 0 Å². The number of halogens is 3. The zero-order chi connectivity index (χ0) is 29.3. The lowest BCUT2D eigenvalue weighted by molar-refractivity contribution is -0.155. The number of hydrogen-bond donors (Lipinski definition) is 2. The van der Waals surface area contributed by atoms with Gasteiger partial charge in [0.1, 0.15) is 17.1 Å². The molecule has 0 fully saturated rings. The minimum Gasteiger partial charge on any atom is -0.460 e. The molecule has 3 aromatic rings. The fourth-order valence-corrected chi connectivity index (χ4v) is 6.49. The Labute approximate surface area is 244 Å². The Kier molecular flexibility index (Phi) is 8.59. The molecular weight excluding hydrogens is 576 g/mol. The van der Waals surface area contributed by atoms with Crippen molar-refractivity contribution in [2.45, 2.75) is 69.7 Å². The van der Waals surface area contributed by atoms with Gasteiger partial charge in [-0.15, -0.1) is 0 Å². The fourth-order valence-electron chi connectivity index (χ4n) is 4.67. The van der Waals surface area contributed by atoms with Crippen molar-refractivity contribution in [1.29, 1.82) is 0 Å². The van der Waals surface area contributed by atoms with E-state index in [0.29, 0.717) is 28.4 Å². The Morgan fingerprint density at radius 1 is 1.02 bits per heavy atom. The number of nitrogens with zero attached hydrogens (tertiary/aromatic N) is 1. The molecule has 40 heavy (non-hydrogen) atoms. The van der Waals surface area contributed by atoms with Crippen molar-refractivity contribution in [2.75, 3.05) is 14.9 Å². The quantitative estimate of drug-likeness (QED) is 0.244. The van der Waals surface area contributed by atoms with Crippen molar-refractivity contribution in [2.24, 2.45) is 0 Å². The lowest BCUT2D eigenvalue weighted by Crippen LogP contribution is -2.45. The first kappa shape index (κ1) is 30.0. The van der Waals surface area contributed by atoms with Crippen LogP contribution in [0.25, 0.3) is 0 Å². The van der Waals surface area contributed by atoms with Gasteiger partial charge in [0.25, 0.3) is 10.0 Å². The number of hydrogen-bond acceptors (Lipinski definition) is 6. The van der Waals surface area contributed by atoms with Crippen LogP contribution in [0.2, 0.25) is 10.0 Å². The molecule has 0 saturated heterocycles. The predicted molar refractivity (Wildman–Crippen MR) is 158 cm³/mol. The summed E-state index contributed by atoms with van der Waals surface area (Å²) in [6.07, 6.45) is 1.46. The molecule has 1 aliphatic heterocycles. The summed E-state index contributed by atoms with van der Waals surface area (Å²) in [7, 11) is -4.15.